The second-order valence-electron chi connectivity index (χ2n) is 4.14. The van der Waals surface area contributed by atoms with Gasteiger partial charge in [0.15, 0.2) is 5.16 Å². The lowest BCUT2D eigenvalue weighted by Gasteiger charge is -2.12. The van der Waals surface area contributed by atoms with E-state index in [4.69, 9.17) is 5.73 Å². The number of aromatic nitrogens is 3. The second kappa shape index (κ2) is 5.07. The average Bonchev–Trinajstić information content (AvgIpc) is 2.63. The SMILES string of the molecule is Cc1nnc(Sc2c(F)cccc2C(C)N)n1C. The molecule has 1 unspecified atom stereocenters. The molecule has 0 aliphatic rings. The van der Waals surface area contributed by atoms with Crippen LogP contribution in [-0.2, 0) is 7.05 Å². The third-order valence-corrected chi connectivity index (χ3v) is 3.91. The number of aryl methyl sites for hydroxylation is 1. The molecule has 0 aliphatic heterocycles. The van der Waals surface area contributed by atoms with Gasteiger partial charge in [0.05, 0.1) is 4.90 Å². The van der Waals surface area contributed by atoms with Gasteiger partial charge < -0.3 is 10.3 Å². The molecule has 0 radical (unpaired) electrons. The minimum Gasteiger partial charge on any atom is -0.324 e. The van der Waals surface area contributed by atoms with Gasteiger partial charge in [0, 0.05) is 13.1 Å². The van der Waals surface area contributed by atoms with Crippen LogP contribution in [0.2, 0.25) is 0 Å². The Morgan fingerprint density at radius 2 is 2.11 bits per heavy atom. The van der Waals surface area contributed by atoms with Gasteiger partial charge in [0.1, 0.15) is 11.6 Å². The van der Waals surface area contributed by atoms with E-state index in [1.165, 1.54) is 17.8 Å². The van der Waals surface area contributed by atoms with Crippen molar-refractivity contribution in [1.29, 1.82) is 0 Å². The highest BCUT2D eigenvalue weighted by Crippen LogP contribution is 2.33. The van der Waals surface area contributed by atoms with Gasteiger partial charge in [-0.2, -0.15) is 0 Å². The molecule has 1 aromatic carbocycles. The Morgan fingerprint density at radius 1 is 1.39 bits per heavy atom. The first-order chi connectivity index (χ1) is 8.50. The number of nitrogens with zero attached hydrogens (tertiary/aromatic N) is 3. The first kappa shape index (κ1) is 13.0. The third kappa shape index (κ3) is 2.39. The normalized spacial score (nSPS) is 12.7. The summed E-state index contributed by atoms with van der Waals surface area (Å²) in [5.74, 6) is 0.506. The van der Waals surface area contributed by atoms with Crippen LogP contribution < -0.4 is 5.73 Å². The van der Waals surface area contributed by atoms with E-state index in [2.05, 4.69) is 10.2 Å². The van der Waals surface area contributed by atoms with Gasteiger partial charge in [-0.1, -0.05) is 12.1 Å². The number of hydrogen-bond acceptors (Lipinski definition) is 4. The summed E-state index contributed by atoms with van der Waals surface area (Å²) < 4.78 is 15.7. The van der Waals surface area contributed by atoms with Crippen LogP contribution in [0, 0.1) is 12.7 Å². The Morgan fingerprint density at radius 3 is 2.67 bits per heavy atom. The van der Waals surface area contributed by atoms with Crippen LogP contribution in [0.3, 0.4) is 0 Å². The highest BCUT2D eigenvalue weighted by molar-refractivity contribution is 7.99. The monoisotopic (exact) mass is 266 g/mol. The molecular weight excluding hydrogens is 251 g/mol. The molecule has 0 amide bonds. The smallest absolute Gasteiger partial charge is 0.195 e. The predicted octanol–water partition coefficient (Wildman–Crippen LogP) is 2.43. The Labute approximate surface area is 109 Å². The van der Waals surface area contributed by atoms with Crippen LogP contribution in [0.15, 0.2) is 28.3 Å². The summed E-state index contributed by atoms with van der Waals surface area (Å²) >= 11 is 1.25. The fourth-order valence-corrected chi connectivity index (χ4v) is 2.63. The number of benzene rings is 1. The van der Waals surface area contributed by atoms with Crippen LogP contribution >= 0.6 is 11.8 Å². The third-order valence-electron chi connectivity index (χ3n) is 2.73. The number of halogens is 1. The molecule has 0 bridgehead atoms. The van der Waals surface area contributed by atoms with Crippen LogP contribution in [0.5, 0.6) is 0 Å². The number of rotatable bonds is 3. The maximum absolute atomic E-state index is 13.9. The molecular formula is C12H15FN4S. The lowest BCUT2D eigenvalue weighted by Crippen LogP contribution is -2.07. The molecule has 0 aliphatic carbocycles. The zero-order chi connectivity index (χ0) is 13.3. The Bertz CT molecular complexity index is 565. The zero-order valence-electron chi connectivity index (χ0n) is 10.5. The quantitative estimate of drug-likeness (QED) is 0.927. The van der Waals surface area contributed by atoms with Crippen molar-refractivity contribution < 1.29 is 4.39 Å². The van der Waals surface area contributed by atoms with Gasteiger partial charge >= 0.3 is 0 Å². The second-order valence-corrected chi connectivity index (χ2v) is 5.12. The van der Waals surface area contributed by atoms with Crippen LogP contribution in [-0.4, -0.2) is 14.8 Å². The van der Waals surface area contributed by atoms with Gasteiger partial charge in [0.25, 0.3) is 0 Å². The van der Waals surface area contributed by atoms with Crippen molar-refractivity contribution >= 4 is 11.8 Å². The van der Waals surface area contributed by atoms with E-state index in [1.54, 1.807) is 6.07 Å². The maximum atomic E-state index is 13.9. The highest BCUT2D eigenvalue weighted by Gasteiger charge is 2.16. The van der Waals surface area contributed by atoms with E-state index >= 15 is 0 Å². The van der Waals surface area contributed by atoms with Crippen molar-refractivity contribution in [2.45, 2.75) is 29.9 Å². The maximum Gasteiger partial charge on any atom is 0.195 e. The fraction of sp³-hybridized carbons (Fsp3) is 0.333. The van der Waals surface area contributed by atoms with E-state index in [1.807, 2.05) is 31.5 Å². The van der Waals surface area contributed by atoms with Crippen LogP contribution in [0.25, 0.3) is 0 Å². The van der Waals surface area contributed by atoms with Crippen molar-refractivity contribution in [2.24, 2.45) is 12.8 Å². The topological polar surface area (TPSA) is 56.7 Å². The van der Waals surface area contributed by atoms with E-state index in [9.17, 15) is 4.39 Å². The summed E-state index contributed by atoms with van der Waals surface area (Å²) in [5, 5.41) is 8.63. The van der Waals surface area contributed by atoms with Gasteiger partial charge in [-0.25, -0.2) is 4.39 Å². The first-order valence-electron chi connectivity index (χ1n) is 5.58. The lowest BCUT2D eigenvalue weighted by atomic mass is 10.1. The van der Waals surface area contributed by atoms with Crippen molar-refractivity contribution in [2.75, 3.05) is 0 Å². The molecule has 2 N–H and O–H groups in total. The summed E-state index contributed by atoms with van der Waals surface area (Å²) in [6, 6.07) is 4.70. The highest BCUT2D eigenvalue weighted by atomic mass is 32.2. The van der Waals surface area contributed by atoms with E-state index in [0.717, 1.165) is 11.4 Å². The largest absolute Gasteiger partial charge is 0.324 e. The number of nitrogens with two attached hydrogens (primary N) is 1. The summed E-state index contributed by atoms with van der Waals surface area (Å²) in [4.78, 5) is 0.517. The molecule has 1 heterocycles. The average molecular weight is 266 g/mol. The summed E-state index contributed by atoms with van der Waals surface area (Å²) in [6.45, 7) is 3.69. The minimum absolute atomic E-state index is 0.225. The molecule has 0 spiro atoms. The lowest BCUT2D eigenvalue weighted by molar-refractivity contribution is 0.590. The van der Waals surface area contributed by atoms with Gasteiger partial charge in [-0.15, -0.1) is 10.2 Å². The van der Waals surface area contributed by atoms with Gasteiger partial charge in [-0.05, 0) is 37.2 Å². The van der Waals surface area contributed by atoms with E-state index in [-0.39, 0.29) is 11.9 Å². The van der Waals surface area contributed by atoms with Crippen molar-refractivity contribution in [3.8, 4) is 0 Å². The van der Waals surface area contributed by atoms with Crippen molar-refractivity contribution in [1.82, 2.24) is 14.8 Å². The van der Waals surface area contributed by atoms with E-state index < -0.39 is 0 Å². The Kier molecular flexibility index (Phi) is 3.68. The standard InChI is InChI=1S/C12H15FN4S/c1-7(14)9-5-4-6-10(13)11(9)18-12-16-15-8(2)17(12)3/h4-7H,14H2,1-3H3. The predicted molar refractivity (Wildman–Crippen MR) is 68.9 cm³/mol. The molecule has 2 aromatic rings. The van der Waals surface area contributed by atoms with Crippen LogP contribution in [0.4, 0.5) is 4.39 Å². The van der Waals surface area contributed by atoms with Crippen molar-refractivity contribution in [3.05, 3.63) is 35.4 Å². The summed E-state index contributed by atoms with van der Waals surface area (Å²) in [7, 11) is 1.85. The minimum atomic E-state index is -0.282. The molecule has 18 heavy (non-hydrogen) atoms. The molecule has 6 heteroatoms. The van der Waals surface area contributed by atoms with Gasteiger partial charge in [0.2, 0.25) is 0 Å². The van der Waals surface area contributed by atoms with Gasteiger partial charge in [-0.3, -0.25) is 0 Å². The number of hydrogen-bond donors (Lipinski definition) is 1. The molecule has 0 saturated carbocycles. The molecule has 0 saturated heterocycles. The van der Waals surface area contributed by atoms with Crippen LogP contribution in [0.1, 0.15) is 24.4 Å². The van der Waals surface area contributed by atoms with Crippen molar-refractivity contribution in [3.63, 3.8) is 0 Å². The molecule has 2 rings (SSSR count). The Hall–Kier alpha value is -1.40. The summed E-state index contributed by atoms with van der Waals surface area (Å²) in [5.41, 5.74) is 6.64. The summed E-state index contributed by atoms with van der Waals surface area (Å²) in [6.07, 6.45) is 0. The van der Waals surface area contributed by atoms with E-state index in [0.29, 0.717) is 10.1 Å². The molecule has 4 nitrogen and oxygen atoms in total. The molecule has 96 valence electrons. The Balaban J connectivity index is 2.42. The zero-order valence-corrected chi connectivity index (χ0v) is 11.3. The molecule has 0 fully saturated rings. The molecule has 1 aromatic heterocycles. The fourth-order valence-electron chi connectivity index (χ4n) is 1.56. The first-order valence-corrected chi connectivity index (χ1v) is 6.40. The molecule has 1 atom stereocenters.